The zero-order valence-corrected chi connectivity index (χ0v) is 4.46. The molecule has 0 radical (unpaired) electrons. The minimum Gasteiger partial charge on any atom is -0.503 e. The van der Waals surface area contributed by atoms with Crippen molar-refractivity contribution >= 4 is 5.82 Å². The Hall–Kier alpha value is -1.52. The molecule has 0 aliphatic carbocycles. The number of nitrogens with two attached hydrogens (primary N) is 1. The fraction of sp³-hybridized carbons (Fsp3) is 0. The maximum Gasteiger partial charge on any atom is 0.346 e. The first kappa shape index (κ1) is 5.61. The molecule has 5 heteroatoms. The first-order chi connectivity index (χ1) is 4.20. The summed E-state index contributed by atoms with van der Waals surface area (Å²) in [6, 6.07) is 0. The van der Waals surface area contributed by atoms with Gasteiger partial charge in [0, 0.05) is 0 Å². The Morgan fingerprint density at radius 3 is 2.89 bits per heavy atom. The molecule has 48 valence electrons. The zero-order valence-electron chi connectivity index (χ0n) is 4.46. The van der Waals surface area contributed by atoms with E-state index >= 15 is 0 Å². The molecule has 0 bridgehead atoms. The summed E-state index contributed by atoms with van der Waals surface area (Å²) in [7, 11) is 0. The maximum atomic E-state index is 10.3. The summed E-state index contributed by atoms with van der Waals surface area (Å²) in [4.78, 5) is 15.6. The molecule has 0 spiro atoms. The molecule has 0 atom stereocenters. The lowest BCUT2D eigenvalue weighted by molar-refractivity contribution is 0.472. The number of nitrogens with zero attached hydrogens (tertiary/aromatic N) is 1. The van der Waals surface area contributed by atoms with Crippen LogP contribution in [0.15, 0.2) is 11.0 Å². The Labute approximate surface area is 50.2 Å². The van der Waals surface area contributed by atoms with Crippen molar-refractivity contribution in [3.05, 3.63) is 16.7 Å². The molecule has 0 aromatic carbocycles. The van der Waals surface area contributed by atoms with E-state index in [1.165, 1.54) is 0 Å². The normalized spacial score (nSPS) is 9.33. The van der Waals surface area contributed by atoms with Crippen LogP contribution in [0.2, 0.25) is 0 Å². The second-order valence-corrected chi connectivity index (χ2v) is 1.49. The van der Waals surface area contributed by atoms with E-state index in [2.05, 4.69) is 9.97 Å². The molecule has 0 aliphatic rings. The second kappa shape index (κ2) is 1.77. The Bertz CT molecular complexity index is 267. The van der Waals surface area contributed by atoms with Crippen LogP contribution in [0.3, 0.4) is 0 Å². The highest BCUT2D eigenvalue weighted by atomic mass is 16.3. The molecule has 0 aliphatic heterocycles. The molecule has 1 aromatic heterocycles. The van der Waals surface area contributed by atoms with Crippen molar-refractivity contribution in [1.82, 2.24) is 9.97 Å². The van der Waals surface area contributed by atoms with Crippen LogP contribution in [0.25, 0.3) is 0 Å². The molecule has 1 aromatic rings. The average molecular weight is 128 g/mol. The van der Waals surface area contributed by atoms with E-state index in [0.717, 1.165) is 6.20 Å². The monoisotopic (exact) mass is 128 g/mol. The lowest BCUT2D eigenvalue weighted by atomic mass is 10.6. The molecule has 0 saturated heterocycles. The van der Waals surface area contributed by atoms with Crippen LogP contribution in [-0.2, 0) is 0 Å². The van der Waals surface area contributed by atoms with Crippen molar-refractivity contribution < 1.29 is 5.11 Å². The number of nitrogen functional groups attached to an aromatic ring is 1. The van der Waals surface area contributed by atoms with Crippen molar-refractivity contribution in [2.45, 2.75) is 0 Å². The van der Waals surface area contributed by atoms with Gasteiger partial charge in [0.05, 0.1) is 6.20 Å². The van der Waals surface area contributed by atoms with Gasteiger partial charge >= 0.3 is 5.69 Å². The predicted octanol–water partition coefficient (Wildman–Crippen LogP) is -0.942. The molecule has 4 N–H and O–H groups in total. The number of hydrogen-bond donors (Lipinski definition) is 3. The number of nitrogens with one attached hydrogen (secondary N) is 1. The Kier molecular flexibility index (Phi) is 1.11. The van der Waals surface area contributed by atoms with Crippen LogP contribution in [-0.4, -0.2) is 15.1 Å². The van der Waals surface area contributed by atoms with E-state index in [-0.39, 0.29) is 11.6 Å². The topological polar surface area (TPSA) is 92.0 Å². The Morgan fingerprint density at radius 2 is 2.44 bits per heavy atom. The van der Waals surface area contributed by atoms with Crippen molar-refractivity contribution in [2.75, 3.05) is 5.73 Å². The van der Waals surface area contributed by atoms with Crippen LogP contribution in [0.4, 0.5) is 5.82 Å². The third-order valence-electron chi connectivity index (χ3n) is 0.822. The zero-order chi connectivity index (χ0) is 6.85. The first-order valence-corrected chi connectivity index (χ1v) is 2.24. The molecule has 0 saturated carbocycles. The first-order valence-electron chi connectivity index (χ1n) is 2.24. The van der Waals surface area contributed by atoms with Crippen LogP contribution in [0.5, 0.6) is 5.75 Å². The standard InChI is InChI=1S/C4H5N3O2/c5-3-2(8)1-6-4(9)7-3/h1,8H,(H3,5,6,7,9)/i4+1,6+0,7+0. The van der Waals surface area contributed by atoms with Crippen molar-refractivity contribution in [1.29, 1.82) is 0 Å². The molecule has 0 amide bonds. The number of anilines is 1. The van der Waals surface area contributed by atoms with Crippen LogP contribution in [0.1, 0.15) is 0 Å². The van der Waals surface area contributed by atoms with E-state index in [4.69, 9.17) is 10.8 Å². The fourth-order valence-electron chi connectivity index (χ4n) is 0.401. The molecule has 1 rings (SSSR count). The van der Waals surface area contributed by atoms with Gasteiger partial charge in [-0.05, 0) is 0 Å². The van der Waals surface area contributed by atoms with E-state index in [9.17, 15) is 4.79 Å². The summed E-state index contributed by atoms with van der Waals surface area (Å²) in [5, 5.41) is 8.69. The molecular formula is C4H5N3O2. The van der Waals surface area contributed by atoms with E-state index in [0.29, 0.717) is 0 Å². The number of rotatable bonds is 0. The number of hydrogen-bond acceptors (Lipinski definition) is 4. The Balaban J connectivity index is 3.34. The molecule has 5 nitrogen and oxygen atoms in total. The maximum absolute atomic E-state index is 10.3. The number of aromatic hydroxyl groups is 1. The summed E-state index contributed by atoms with van der Waals surface area (Å²) in [6.45, 7) is 0. The van der Waals surface area contributed by atoms with Crippen LogP contribution in [0, 0.1) is 0 Å². The minimum absolute atomic E-state index is 0.0602. The van der Waals surface area contributed by atoms with Crippen molar-refractivity contribution in [3.63, 3.8) is 0 Å². The van der Waals surface area contributed by atoms with Gasteiger partial charge in [0.15, 0.2) is 5.75 Å². The predicted molar refractivity (Wildman–Crippen MR) is 30.9 cm³/mol. The van der Waals surface area contributed by atoms with Gasteiger partial charge in [0.2, 0.25) is 0 Å². The fourth-order valence-corrected chi connectivity index (χ4v) is 0.401. The van der Waals surface area contributed by atoms with Gasteiger partial charge in [-0.25, -0.2) is 4.79 Å². The van der Waals surface area contributed by atoms with Gasteiger partial charge in [-0.1, -0.05) is 0 Å². The minimum atomic E-state index is -0.565. The summed E-state index contributed by atoms with van der Waals surface area (Å²) >= 11 is 0. The third-order valence-corrected chi connectivity index (χ3v) is 0.822. The summed E-state index contributed by atoms with van der Waals surface area (Å²) in [5.41, 5.74) is 4.51. The second-order valence-electron chi connectivity index (χ2n) is 1.49. The van der Waals surface area contributed by atoms with Gasteiger partial charge in [0.25, 0.3) is 0 Å². The van der Waals surface area contributed by atoms with Crippen LogP contribution < -0.4 is 11.4 Å². The highest BCUT2D eigenvalue weighted by Gasteiger charge is 1.93. The van der Waals surface area contributed by atoms with Gasteiger partial charge in [-0.3, -0.25) is 4.98 Å². The van der Waals surface area contributed by atoms with E-state index in [1.54, 1.807) is 0 Å². The molecule has 0 fully saturated rings. The molecule has 1 heterocycles. The third kappa shape index (κ3) is 0.987. The lowest BCUT2D eigenvalue weighted by Gasteiger charge is -1.92. The van der Waals surface area contributed by atoms with E-state index in [1.807, 2.05) is 0 Å². The summed E-state index contributed by atoms with van der Waals surface area (Å²) in [6.07, 6.45) is 0.994. The lowest BCUT2D eigenvalue weighted by Crippen LogP contribution is -2.10. The number of aromatic amines is 1. The van der Waals surface area contributed by atoms with Gasteiger partial charge in [-0.2, -0.15) is 4.98 Å². The van der Waals surface area contributed by atoms with E-state index < -0.39 is 5.69 Å². The van der Waals surface area contributed by atoms with Gasteiger partial charge < -0.3 is 10.8 Å². The van der Waals surface area contributed by atoms with Crippen molar-refractivity contribution in [2.24, 2.45) is 0 Å². The highest BCUT2D eigenvalue weighted by Crippen LogP contribution is 2.09. The summed E-state index contributed by atoms with van der Waals surface area (Å²) in [5.74, 6) is -0.274. The largest absolute Gasteiger partial charge is 0.503 e. The van der Waals surface area contributed by atoms with Gasteiger partial charge in [-0.15, -0.1) is 0 Å². The SMILES string of the molecule is Nc1[14nH][13c](=O)[14n]cc1O. The number of aromatic nitrogens is 2. The molecule has 9 heavy (non-hydrogen) atoms. The smallest absolute Gasteiger partial charge is 0.346 e. The van der Waals surface area contributed by atoms with Gasteiger partial charge in [0.1, 0.15) is 5.82 Å². The number of H-pyrrole nitrogens is 1. The van der Waals surface area contributed by atoms with Crippen LogP contribution >= 0.6 is 0 Å². The molecule has 0 unspecified atom stereocenters. The highest BCUT2D eigenvalue weighted by molar-refractivity contribution is 5.40. The average Bonchev–Trinajstić information content (AvgIpc) is 1.80. The van der Waals surface area contributed by atoms with Crippen molar-refractivity contribution in [3.8, 4) is 5.75 Å². The quantitative estimate of drug-likeness (QED) is 0.420. The Morgan fingerprint density at radius 1 is 1.78 bits per heavy atom. The summed E-state index contributed by atoms with van der Waals surface area (Å²) < 4.78 is 0. The molecular weight excluding hydrogens is 123 g/mol.